The molecule has 0 aliphatic carbocycles. The normalized spacial score (nSPS) is 11.5. The van der Waals surface area contributed by atoms with Gasteiger partial charge in [-0.3, -0.25) is 4.79 Å². The molecule has 0 saturated carbocycles. The van der Waals surface area contributed by atoms with Gasteiger partial charge in [0, 0.05) is 11.5 Å². The molecule has 1 rings (SSSR count). The zero-order valence-electron chi connectivity index (χ0n) is 8.95. The summed E-state index contributed by atoms with van der Waals surface area (Å²) in [6.07, 6.45) is 0. The minimum Gasteiger partial charge on any atom is -0.394 e. The molecule has 0 bridgehead atoms. The van der Waals surface area contributed by atoms with Gasteiger partial charge < -0.3 is 10.0 Å². The fraction of sp³-hybridized carbons (Fsp3) is 0.500. The topological polar surface area (TPSA) is 40.5 Å². The van der Waals surface area contributed by atoms with Crippen molar-refractivity contribution in [1.29, 1.82) is 0 Å². The molecule has 5 heteroatoms. The number of halogens is 1. The summed E-state index contributed by atoms with van der Waals surface area (Å²) in [6, 6.07) is 1.84. The van der Waals surface area contributed by atoms with E-state index in [0.29, 0.717) is 4.88 Å². The van der Waals surface area contributed by atoms with Crippen LogP contribution in [0.3, 0.4) is 0 Å². The van der Waals surface area contributed by atoms with Gasteiger partial charge in [-0.25, -0.2) is 0 Å². The number of amides is 1. The molecule has 84 valence electrons. The maximum Gasteiger partial charge on any atom is 0.265 e. The van der Waals surface area contributed by atoms with Crippen LogP contribution in [0, 0.1) is 0 Å². The lowest BCUT2D eigenvalue weighted by molar-refractivity contribution is 0.0477. The van der Waals surface area contributed by atoms with Crippen molar-refractivity contribution in [3.8, 4) is 0 Å². The average Bonchev–Trinajstić information content (AvgIpc) is 2.62. The van der Waals surface area contributed by atoms with E-state index in [0.717, 1.165) is 4.47 Å². The summed E-state index contributed by atoms with van der Waals surface area (Å²) in [6.45, 7) is 3.59. The van der Waals surface area contributed by atoms with Crippen molar-refractivity contribution < 1.29 is 9.90 Å². The lowest BCUT2D eigenvalue weighted by Gasteiger charge is -2.33. The second-order valence-corrected chi connectivity index (χ2v) is 5.70. The number of aliphatic hydroxyl groups is 1. The van der Waals surface area contributed by atoms with Gasteiger partial charge in [0.05, 0.1) is 12.1 Å². The van der Waals surface area contributed by atoms with E-state index in [1.54, 1.807) is 11.9 Å². The molecule has 0 aliphatic heterocycles. The van der Waals surface area contributed by atoms with Crippen LogP contribution in [0.25, 0.3) is 0 Å². The highest BCUT2D eigenvalue weighted by Crippen LogP contribution is 2.26. The number of thiophene rings is 1. The van der Waals surface area contributed by atoms with Gasteiger partial charge in [-0.15, -0.1) is 11.3 Å². The first-order chi connectivity index (χ1) is 6.90. The first kappa shape index (κ1) is 12.7. The third-order valence-corrected chi connectivity index (χ3v) is 4.24. The predicted octanol–water partition coefficient (Wildman–Crippen LogP) is 2.35. The molecule has 0 fully saturated rings. The minimum atomic E-state index is -0.541. The van der Waals surface area contributed by atoms with Gasteiger partial charge in [-0.05, 0) is 41.2 Å². The number of carbonyl (C=O) groups is 1. The van der Waals surface area contributed by atoms with Crippen molar-refractivity contribution in [1.82, 2.24) is 4.90 Å². The summed E-state index contributed by atoms with van der Waals surface area (Å²) in [5.74, 6) is -0.0732. The van der Waals surface area contributed by atoms with E-state index in [-0.39, 0.29) is 12.5 Å². The van der Waals surface area contributed by atoms with Crippen LogP contribution in [0.4, 0.5) is 0 Å². The third kappa shape index (κ3) is 2.59. The SMILES string of the molecule is CN(C(=O)c1sccc1Br)C(C)(C)CO. The number of hydrogen-bond donors (Lipinski definition) is 1. The van der Waals surface area contributed by atoms with E-state index in [9.17, 15) is 9.90 Å². The van der Waals surface area contributed by atoms with Crippen molar-refractivity contribution >= 4 is 33.2 Å². The molecule has 0 saturated heterocycles. The van der Waals surface area contributed by atoms with Crippen molar-refractivity contribution in [3.63, 3.8) is 0 Å². The number of carbonyl (C=O) groups excluding carboxylic acids is 1. The van der Waals surface area contributed by atoms with E-state index < -0.39 is 5.54 Å². The zero-order chi connectivity index (χ0) is 11.6. The summed E-state index contributed by atoms with van der Waals surface area (Å²) in [7, 11) is 1.70. The Kier molecular flexibility index (Phi) is 3.92. The summed E-state index contributed by atoms with van der Waals surface area (Å²) in [5, 5.41) is 11.0. The highest BCUT2D eigenvalue weighted by molar-refractivity contribution is 9.10. The predicted molar refractivity (Wildman–Crippen MR) is 65.3 cm³/mol. The Hall–Kier alpha value is -0.390. The Morgan fingerprint density at radius 2 is 2.27 bits per heavy atom. The van der Waals surface area contributed by atoms with Gasteiger partial charge in [-0.2, -0.15) is 0 Å². The van der Waals surface area contributed by atoms with E-state index in [4.69, 9.17) is 0 Å². The van der Waals surface area contributed by atoms with Crippen LogP contribution >= 0.6 is 27.3 Å². The first-order valence-corrected chi connectivity index (χ1v) is 6.19. The first-order valence-electron chi connectivity index (χ1n) is 4.52. The van der Waals surface area contributed by atoms with E-state index in [1.165, 1.54) is 11.3 Å². The molecule has 0 unspecified atom stereocenters. The fourth-order valence-electron chi connectivity index (χ4n) is 0.980. The molecule has 1 N–H and O–H groups in total. The Balaban J connectivity index is 2.92. The molecule has 1 amide bonds. The molecule has 1 heterocycles. The molecule has 0 aromatic carbocycles. The van der Waals surface area contributed by atoms with E-state index in [1.807, 2.05) is 25.3 Å². The second-order valence-electron chi connectivity index (χ2n) is 3.93. The average molecular weight is 292 g/mol. The van der Waals surface area contributed by atoms with Gasteiger partial charge in [0.2, 0.25) is 0 Å². The van der Waals surface area contributed by atoms with Crippen LogP contribution in [0.2, 0.25) is 0 Å². The van der Waals surface area contributed by atoms with Gasteiger partial charge in [0.15, 0.2) is 0 Å². The molecule has 1 aromatic heterocycles. The van der Waals surface area contributed by atoms with Gasteiger partial charge in [-0.1, -0.05) is 0 Å². The molecular weight excluding hydrogens is 278 g/mol. The van der Waals surface area contributed by atoms with Crippen LogP contribution in [0.1, 0.15) is 23.5 Å². The van der Waals surface area contributed by atoms with Crippen molar-refractivity contribution in [2.45, 2.75) is 19.4 Å². The standard InChI is InChI=1S/C10H14BrNO2S/c1-10(2,6-13)12(3)9(14)8-7(11)4-5-15-8/h4-5,13H,6H2,1-3H3. The summed E-state index contributed by atoms with van der Waals surface area (Å²) in [5.41, 5.74) is -0.541. The largest absolute Gasteiger partial charge is 0.394 e. The maximum absolute atomic E-state index is 12.0. The minimum absolute atomic E-state index is 0.0573. The quantitative estimate of drug-likeness (QED) is 0.929. The highest BCUT2D eigenvalue weighted by atomic mass is 79.9. The molecule has 0 radical (unpaired) electrons. The molecule has 0 spiro atoms. The van der Waals surface area contributed by atoms with E-state index in [2.05, 4.69) is 15.9 Å². The molecule has 15 heavy (non-hydrogen) atoms. The Bertz CT molecular complexity index is 362. The monoisotopic (exact) mass is 291 g/mol. The lowest BCUT2D eigenvalue weighted by Crippen LogP contribution is -2.47. The number of nitrogens with zero attached hydrogens (tertiary/aromatic N) is 1. The van der Waals surface area contributed by atoms with Gasteiger partial charge in [0.1, 0.15) is 4.88 Å². The molecule has 0 aliphatic rings. The number of aliphatic hydroxyl groups excluding tert-OH is 1. The molecule has 1 aromatic rings. The number of likely N-dealkylation sites (N-methyl/N-ethyl adjacent to an activating group) is 1. The molecule has 3 nitrogen and oxygen atoms in total. The van der Waals surface area contributed by atoms with Crippen LogP contribution < -0.4 is 0 Å². The summed E-state index contributed by atoms with van der Waals surface area (Å²) < 4.78 is 0.804. The van der Waals surface area contributed by atoms with Crippen LogP contribution in [-0.4, -0.2) is 35.1 Å². The molecule has 0 atom stereocenters. The van der Waals surface area contributed by atoms with Crippen LogP contribution in [-0.2, 0) is 0 Å². The number of hydrogen-bond acceptors (Lipinski definition) is 3. The van der Waals surface area contributed by atoms with Gasteiger partial charge in [0.25, 0.3) is 5.91 Å². The fourth-order valence-corrected chi connectivity index (χ4v) is 2.50. The summed E-state index contributed by atoms with van der Waals surface area (Å²) >= 11 is 4.72. The maximum atomic E-state index is 12.0. The Labute approximate surface area is 102 Å². The molecular formula is C10H14BrNO2S. The summed E-state index contributed by atoms with van der Waals surface area (Å²) in [4.78, 5) is 14.3. The Morgan fingerprint density at radius 3 is 2.67 bits per heavy atom. The van der Waals surface area contributed by atoms with Crippen molar-refractivity contribution in [3.05, 3.63) is 20.8 Å². The van der Waals surface area contributed by atoms with Gasteiger partial charge >= 0.3 is 0 Å². The van der Waals surface area contributed by atoms with Crippen molar-refractivity contribution in [2.24, 2.45) is 0 Å². The second kappa shape index (κ2) is 4.63. The smallest absolute Gasteiger partial charge is 0.265 e. The lowest BCUT2D eigenvalue weighted by atomic mass is 10.1. The van der Waals surface area contributed by atoms with Crippen molar-refractivity contribution in [2.75, 3.05) is 13.7 Å². The zero-order valence-corrected chi connectivity index (χ0v) is 11.4. The van der Waals surface area contributed by atoms with Crippen LogP contribution in [0.15, 0.2) is 15.9 Å². The van der Waals surface area contributed by atoms with E-state index >= 15 is 0 Å². The van der Waals surface area contributed by atoms with Crippen LogP contribution in [0.5, 0.6) is 0 Å². The Morgan fingerprint density at radius 1 is 1.67 bits per heavy atom. The highest BCUT2D eigenvalue weighted by Gasteiger charge is 2.28. The number of rotatable bonds is 3. The third-order valence-electron chi connectivity index (χ3n) is 2.41.